The van der Waals surface area contributed by atoms with Crippen molar-refractivity contribution in [2.24, 2.45) is 5.92 Å². The van der Waals surface area contributed by atoms with Gasteiger partial charge in [-0.2, -0.15) is 0 Å². The minimum absolute atomic E-state index is 0.0105. The van der Waals surface area contributed by atoms with Gasteiger partial charge in [-0.1, -0.05) is 6.92 Å². The second kappa shape index (κ2) is 5.98. The molecule has 0 bridgehead atoms. The van der Waals surface area contributed by atoms with Gasteiger partial charge in [0.2, 0.25) is 5.91 Å². The maximum absolute atomic E-state index is 11.5. The largest absolute Gasteiger partial charge is 0.396 e. The number of rotatable bonds is 5. The number of aliphatic hydroxyl groups is 1. The maximum Gasteiger partial charge on any atom is 0.237 e. The summed E-state index contributed by atoms with van der Waals surface area (Å²) in [5.74, 6) is 0.456. The van der Waals surface area contributed by atoms with Gasteiger partial charge in [-0.05, 0) is 31.7 Å². The van der Waals surface area contributed by atoms with E-state index >= 15 is 0 Å². The van der Waals surface area contributed by atoms with Crippen LogP contribution < -0.4 is 10.6 Å². The van der Waals surface area contributed by atoms with Crippen LogP contribution in [0.5, 0.6) is 0 Å². The highest BCUT2D eigenvalue weighted by atomic mass is 16.3. The van der Waals surface area contributed by atoms with Crippen molar-refractivity contribution in [1.29, 1.82) is 0 Å². The molecule has 4 heteroatoms. The first-order valence-electron chi connectivity index (χ1n) is 5.36. The van der Waals surface area contributed by atoms with Crippen molar-refractivity contribution in [3.63, 3.8) is 0 Å². The molecular weight excluding hydrogens is 180 g/mol. The summed E-state index contributed by atoms with van der Waals surface area (Å²) >= 11 is 0. The third-order valence-corrected chi connectivity index (χ3v) is 2.62. The summed E-state index contributed by atoms with van der Waals surface area (Å²) in [5, 5.41) is 14.7. The standard InChI is InChI=1S/C10H20N2O2/c1-8(4-6-13)7-12-10(14)9-3-2-5-11-9/h8-9,11,13H,2-7H2,1H3,(H,12,14)/t8?,9-/m1/s1. The summed E-state index contributed by atoms with van der Waals surface area (Å²) in [5.41, 5.74) is 0. The quantitative estimate of drug-likeness (QED) is 0.579. The number of amides is 1. The SMILES string of the molecule is CC(CCO)CNC(=O)[C@H]1CCCN1. The van der Waals surface area contributed by atoms with Crippen molar-refractivity contribution >= 4 is 5.91 Å². The molecule has 1 heterocycles. The summed E-state index contributed by atoms with van der Waals surface area (Å²) in [6.45, 7) is 3.83. The second-order valence-corrected chi connectivity index (χ2v) is 4.01. The van der Waals surface area contributed by atoms with Gasteiger partial charge in [0.1, 0.15) is 0 Å². The average molecular weight is 200 g/mol. The molecule has 0 radical (unpaired) electrons. The zero-order chi connectivity index (χ0) is 10.4. The highest BCUT2D eigenvalue weighted by molar-refractivity contribution is 5.81. The predicted octanol–water partition coefficient (Wildman–Crippen LogP) is -0.127. The normalized spacial score (nSPS) is 23.4. The molecule has 0 aromatic carbocycles. The van der Waals surface area contributed by atoms with E-state index in [1.54, 1.807) is 0 Å². The zero-order valence-corrected chi connectivity index (χ0v) is 8.75. The van der Waals surface area contributed by atoms with E-state index in [9.17, 15) is 4.79 Å². The number of hydrogen-bond donors (Lipinski definition) is 3. The van der Waals surface area contributed by atoms with Gasteiger partial charge in [-0.3, -0.25) is 4.79 Å². The van der Waals surface area contributed by atoms with Crippen molar-refractivity contribution in [2.45, 2.75) is 32.2 Å². The van der Waals surface area contributed by atoms with Crippen molar-refractivity contribution in [3.8, 4) is 0 Å². The Hall–Kier alpha value is -0.610. The molecule has 0 saturated carbocycles. The fourth-order valence-electron chi connectivity index (χ4n) is 1.63. The van der Waals surface area contributed by atoms with Crippen LogP contribution in [0.3, 0.4) is 0 Å². The molecule has 1 unspecified atom stereocenters. The highest BCUT2D eigenvalue weighted by Gasteiger charge is 2.21. The first-order chi connectivity index (χ1) is 6.74. The minimum atomic E-state index is 0.0105. The van der Waals surface area contributed by atoms with E-state index in [1.807, 2.05) is 6.92 Å². The van der Waals surface area contributed by atoms with Crippen LogP contribution in [0.2, 0.25) is 0 Å². The van der Waals surface area contributed by atoms with Crippen LogP contribution >= 0.6 is 0 Å². The zero-order valence-electron chi connectivity index (χ0n) is 8.75. The summed E-state index contributed by atoms with van der Waals surface area (Å²) in [4.78, 5) is 11.5. The van der Waals surface area contributed by atoms with Crippen LogP contribution in [-0.2, 0) is 4.79 Å². The molecule has 14 heavy (non-hydrogen) atoms. The molecular formula is C10H20N2O2. The molecule has 0 aliphatic carbocycles. The second-order valence-electron chi connectivity index (χ2n) is 4.01. The van der Waals surface area contributed by atoms with Crippen molar-refractivity contribution in [2.75, 3.05) is 19.7 Å². The monoisotopic (exact) mass is 200 g/mol. The first-order valence-corrected chi connectivity index (χ1v) is 5.36. The molecule has 0 aromatic heterocycles. The van der Waals surface area contributed by atoms with E-state index in [4.69, 9.17) is 5.11 Å². The number of nitrogens with one attached hydrogen (secondary N) is 2. The van der Waals surface area contributed by atoms with Gasteiger partial charge in [0.25, 0.3) is 0 Å². The molecule has 1 saturated heterocycles. The highest BCUT2D eigenvalue weighted by Crippen LogP contribution is 2.05. The van der Waals surface area contributed by atoms with Gasteiger partial charge >= 0.3 is 0 Å². The first kappa shape index (κ1) is 11.5. The maximum atomic E-state index is 11.5. The van der Waals surface area contributed by atoms with Gasteiger partial charge in [0, 0.05) is 13.2 Å². The van der Waals surface area contributed by atoms with Crippen LogP contribution in [0.1, 0.15) is 26.2 Å². The Morgan fingerprint density at radius 1 is 1.71 bits per heavy atom. The van der Waals surface area contributed by atoms with E-state index in [2.05, 4.69) is 10.6 Å². The van der Waals surface area contributed by atoms with Crippen molar-refractivity contribution in [1.82, 2.24) is 10.6 Å². The Morgan fingerprint density at radius 2 is 2.50 bits per heavy atom. The van der Waals surface area contributed by atoms with E-state index in [0.29, 0.717) is 12.5 Å². The third-order valence-electron chi connectivity index (χ3n) is 2.62. The van der Waals surface area contributed by atoms with Crippen molar-refractivity contribution in [3.05, 3.63) is 0 Å². The van der Waals surface area contributed by atoms with Gasteiger partial charge in [0.05, 0.1) is 6.04 Å². The Balaban J connectivity index is 2.13. The summed E-state index contributed by atoms with van der Waals surface area (Å²) < 4.78 is 0. The number of hydrogen-bond acceptors (Lipinski definition) is 3. The lowest BCUT2D eigenvalue weighted by Crippen LogP contribution is -2.42. The van der Waals surface area contributed by atoms with E-state index in [0.717, 1.165) is 25.8 Å². The molecule has 2 atom stereocenters. The lowest BCUT2D eigenvalue weighted by Gasteiger charge is -2.14. The fourth-order valence-corrected chi connectivity index (χ4v) is 1.63. The minimum Gasteiger partial charge on any atom is -0.396 e. The summed E-state index contributed by atoms with van der Waals surface area (Å²) in [7, 11) is 0. The van der Waals surface area contributed by atoms with Gasteiger partial charge < -0.3 is 15.7 Å². The lowest BCUT2D eigenvalue weighted by molar-refractivity contribution is -0.122. The van der Waals surface area contributed by atoms with Crippen molar-refractivity contribution < 1.29 is 9.90 Å². The molecule has 1 fully saturated rings. The Morgan fingerprint density at radius 3 is 3.07 bits per heavy atom. The molecule has 1 rings (SSSR count). The molecule has 1 aliphatic rings. The summed E-state index contributed by atoms with van der Waals surface area (Å²) in [6.07, 6.45) is 2.78. The molecule has 82 valence electrons. The smallest absolute Gasteiger partial charge is 0.237 e. The van der Waals surface area contributed by atoms with Crippen LogP contribution in [0, 0.1) is 5.92 Å². The Bertz CT molecular complexity index is 179. The van der Waals surface area contributed by atoms with E-state index in [-0.39, 0.29) is 18.6 Å². The van der Waals surface area contributed by atoms with E-state index < -0.39 is 0 Å². The summed E-state index contributed by atoms with van der Waals surface area (Å²) in [6, 6.07) is 0.0105. The molecule has 1 aliphatic heterocycles. The van der Waals surface area contributed by atoms with Crippen LogP contribution in [0.25, 0.3) is 0 Å². The predicted molar refractivity (Wildman–Crippen MR) is 54.9 cm³/mol. The average Bonchev–Trinajstić information content (AvgIpc) is 2.67. The molecule has 0 spiro atoms. The van der Waals surface area contributed by atoms with Crippen LogP contribution in [0.4, 0.5) is 0 Å². The van der Waals surface area contributed by atoms with Gasteiger partial charge in [0.15, 0.2) is 0 Å². The fraction of sp³-hybridized carbons (Fsp3) is 0.900. The third kappa shape index (κ3) is 3.64. The topological polar surface area (TPSA) is 61.4 Å². The molecule has 3 N–H and O–H groups in total. The van der Waals surface area contributed by atoms with E-state index in [1.165, 1.54) is 0 Å². The van der Waals surface area contributed by atoms with Crippen LogP contribution in [-0.4, -0.2) is 36.8 Å². The van der Waals surface area contributed by atoms with Gasteiger partial charge in [-0.15, -0.1) is 0 Å². The number of aliphatic hydroxyl groups excluding tert-OH is 1. The molecule has 1 amide bonds. The lowest BCUT2D eigenvalue weighted by atomic mass is 10.1. The Labute approximate surface area is 85.1 Å². The number of carbonyl (C=O) groups excluding carboxylic acids is 1. The van der Waals surface area contributed by atoms with Crippen LogP contribution in [0.15, 0.2) is 0 Å². The number of carbonyl (C=O) groups is 1. The molecule has 0 aromatic rings. The van der Waals surface area contributed by atoms with Gasteiger partial charge in [-0.25, -0.2) is 0 Å². The molecule has 4 nitrogen and oxygen atoms in total. The Kier molecular flexibility index (Phi) is 4.90.